The van der Waals surface area contributed by atoms with E-state index in [0.29, 0.717) is 0 Å². The predicted octanol–water partition coefficient (Wildman–Crippen LogP) is 2.80. The summed E-state index contributed by atoms with van der Waals surface area (Å²) in [6.07, 6.45) is 3.68. The van der Waals surface area contributed by atoms with Crippen molar-refractivity contribution in [3.8, 4) is 0 Å². The van der Waals surface area contributed by atoms with Gasteiger partial charge in [0.2, 0.25) is 0 Å². The van der Waals surface area contributed by atoms with E-state index in [2.05, 4.69) is 39.3 Å². The molecule has 1 aromatic heterocycles. The molecule has 90 valence electrons. The first-order chi connectivity index (χ1) is 7.39. The number of allylic oxidation sites excluding steroid dienone is 1. The predicted molar refractivity (Wildman–Crippen MR) is 69.4 cm³/mol. The molecule has 0 aromatic carbocycles. The topological polar surface area (TPSA) is 43.8 Å². The van der Waals surface area contributed by atoms with Crippen molar-refractivity contribution in [3.05, 3.63) is 24.2 Å². The SMILES string of the molecule is C=CCn1c(CC)nc(CC(C)(C)C)c1N. The van der Waals surface area contributed by atoms with E-state index in [1.807, 2.05) is 10.6 Å². The van der Waals surface area contributed by atoms with Crippen molar-refractivity contribution in [3.63, 3.8) is 0 Å². The van der Waals surface area contributed by atoms with Crippen molar-refractivity contribution in [2.24, 2.45) is 5.41 Å². The van der Waals surface area contributed by atoms with Crippen molar-refractivity contribution >= 4 is 5.82 Å². The monoisotopic (exact) mass is 221 g/mol. The second-order valence-electron chi connectivity index (χ2n) is 5.35. The molecule has 1 aromatic rings. The Kier molecular flexibility index (Phi) is 3.79. The van der Waals surface area contributed by atoms with Crippen LogP contribution in [-0.2, 0) is 19.4 Å². The number of hydrogen-bond acceptors (Lipinski definition) is 2. The first-order valence-corrected chi connectivity index (χ1v) is 5.83. The van der Waals surface area contributed by atoms with E-state index in [1.165, 1.54) is 0 Å². The highest BCUT2D eigenvalue weighted by molar-refractivity contribution is 5.39. The zero-order valence-electron chi connectivity index (χ0n) is 10.9. The lowest BCUT2D eigenvalue weighted by atomic mass is 9.90. The number of imidazole rings is 1. The summed E-state index contributed by atoms with van der Waals surface area (Å²) in [5, 5.41) is 0. The molecular formula is C13H23N3. The number of nitrogens with two attached hydrogens (primary N) is 1. The quantitative estimate of drug-likeness (QED) is 0.794. The maximum atomic E-state index is 6.13. The van der Waals surface area contributed by atoms with Gasteiger partial charge in [-0.15, -0.1) is 6.58 Å². The summed E-state index contributed by atoms with van der Waals surface area (Å²) in [4.78, 5) is 4.62. The molecule has 0 fully saturated rings. The van der Waals surface area contributed by atoms with Gasteiger partial charge in [-0.3, -0.25) is 0 Å². The molecular weight excluding hydrogens is 198 g/mol. The van der Waals surface area contributed by atoms with Crippen molar-refractivity contribution in [1.29, 1.82) is 0 Å². The minimum atomic E-state index is 0.215. The summed E-state index contributed by atoms with van der Waals surface area (Å²) in [6.45, 7) is 13.2. The lowest BCUT2D eigenvalue weighted by molar-refractivity contribution is 0.407. The van der Waals surface area contributed by atoms with Crippen LogP contribution in [0.3, 0.4) is 0 Å². The Morgan fingerprint density at radius 1 is 1.44 bits per heavy atom. The number of hydrogen-bond donors (Lipinski definition) is 1. The lowest BCUT2D eigenvalue weighted by Gasteiger charge is -2.16. The molecule has 0 spiro atoms. The fourth-order valence-electron chi connectivity index (χ4n) is 1.80. The zero-order valence-corrected chi connectivity index (χ0v) is 10.9. The molecule has 0 aliphatic rings. The minimum Gasteiger partial charge on any atom is -0.384 e. The molecule has 0 saturated carbocycles. The fourth-order valence-corrected chi connectivity index (χ4v) is 1.80. The van der Waals surface area contributed by atoms with Gasteiger partial charge in [0.25, 0.3) is 0 Å². The molecule has 3 nitrogen and oxygen atoms in total. The Morgan fingerprint density at radius 2 is 2.06 bits per heavy atom. The van der Waals surface area contributed by atoms with Crippen LogP contribution in [0.4, 0.5) is 5.82 Å². The molecule has 2 N–H and O–H groups in total. The fraction of sp³-hybridized carbons (Fsp3) is 0.615. The number of rotatable bonds is 4. The molecule has 0 unspecified atom stereocenters. The van der Waals surface area contributed by atoms with E-state index in [0.717, 1.165) is 36.7 Å². The van der Waals surface area contributed by atoms with Crippen LogP contribution in [0.25, 0.3) is 0 Å². The minimum absolute atomic E-state index is 0.215. The van der Waals surface area contributed by atoms with Crippen molar-refractivity contribution in [2.75, 3.05) is 5.73 Å². The highest BCUT2D eigenvalue weighted by Crippen LogP contribution is 2.25. The normalized spacial score (nSPS) is 11.8. The van der Waals surface area contributed by atoms with Gasteiger partial charge in [0, 0.05) is 13.0 Å². The number of anilines is 1. The smallest absolute Gasteiger partial charge is 0.127 e. The first kappa shape index (κ1) is 12.8. The molecule has 0 saturated heterocycles. The third-order valence-electron chi connectivity index (χ3n) is 2.49. The molecule has 1 rings (SSSR count). The third-order valence-corrected chi connectivity index (χ3v) is 2.49. The Balaban J connectivity index is 3.07. The average molecular weight is 221 g/mol. The maximum absolute atomic E-state index is 6.13. The molecule has 0 amide bonds. The second kappa shape index (κ2) is 4.73. The molecule has 0 atom stereocenters. The van der Waals surface area contributed by atoms with E-state index in [1.54, 1.807) is 0 Å². The Hall–Kier alpha value is -1.25. The molecule has 0 radical (unpaired) electrons. The summed E-state index contributed by atoms with van der Waals surface area (Å²) < 4.78 is 2.05. The molecule has 0 bridgehead atoms. The van der Waals surface area contributed by atoms with E-state index < -0.39 is 0 Å². The van der Waals surface area contributed by atoms with Crippen LogP contribution < -0.4 is 5.73 Å². The van der Waals surface area contributed by atoms with Gasteiger partial charge >= 0.3 is 0 Å². The highest BCUT2D eigenvalue weighted by Gasteiger charge is 2.19. The Labute approximate surface area is 98.4 Å². The van der Waals surface area contributed by atoms with Gasteiger partial charge in [0.05, 0.1) is 5.69 Å². The zero-order chi connectivity index (χ0) is 12.3. The Morgan fingerprint density at radius 3 is 2.50 bits per heavy atom. The largest absolute Gasteiger partial charge is 0.384 e. The average Bonchev–Trinajstić information content (AvgIpc) is 2.44. The summed E-state index contributed by atoms with van der Waals surface area (Å²) in [7, 11) is 0. The van der Waals surface area contributed by atoms with Crippen molar-refractivity contribution in [2.45, 2.75) is 47.1 Å². The summed E-state index contributed by atoms with van der Waals surface area (Å²) in [5.41, 5.74) is 7.36. The molecule has 0 aliphatic heterocycles. The second-order valence-corrected chi connectivity index (χ2v) is 5.35. The number of aromatic nitrogens is 2. The Bertz CT molecular complexity index is 369. The highest BCUT2D eigenvalue weighted by atomic mass is 15.1. The number of nitrogens with zero attached hydrogens (tertiary/aromatic N) is 2. The number of aryl methyl sites for hydroxylation is 1. The maximum Gasteiger partial charge on any atom is 0.127 e. The number of nitrogen functional groups attached to an aromatic ring is 1. The first-order valence-electron chi connectivity index (χ1n) is 5.83. The van der Waals surface area contributed by atoms with Crippen LogP contribution in [0.5, 0.6) is 0 Å². The standard InChI is InChI=1S/C13H23N3/c1-6-8-16-11(7-2)15-10(12(16)14)9-13(3,4)5/h6H,1,7-9,14H2,2-5H3. The van der Waals surface area contributed by atoms with Crippen LogP contribution in [-0.4, -0.2) is 9.55 Å². The third kappa shape index (κ3) is 2.87. The van der Waals surface area contributed by atoms with Crippen LogP contribution in [0, 0.1) is 5.41 Å². The summed E-state index contributed by atoms with van der Waals surface area (Å²) >= 11 is 0. The van der Waals surface area contributed by atoms with Crippen molar-refractivity contribution in [1.82, 2.24) is 9.55 Å². The van der Waals surface area contributed by atoms with Gasteiger partial charge < -0.3 is 10.3 Å². The van der Waals surface area contributed by atoms with Crippen LogP contribution in [0.2, 0.25) is 0 Å². The van der Waals surface area contributed by atoms with Crippen LogP contribution in [0.15, 0.2) is 12.7 Å². The lowest BCUT2D eigenvalue weighted by Crippen LogP contribution is -2.11. The summed E-state index contributed by atoms with van der Waals surface area (Å²) in [6, 6.07) is 0. The van der Waals surface area contributed by atoms with Crippen LogP contribution >= 0.6 is 0 Å². The van der Waals surface area contributed by atoms with Gasteiger partial charge in [0.1, 0.15) is 11.6 Å². The molecule has 3 heteroatoms. The van der Waals surface area contributed by atoms with E-state index in [9.17, 15) is 0 Å². The van der Waals surface area contributed by atoms with Gasteiger partial charge in [-0.1, -0.05) is 33.8 Å². The summed E-state index contributed by atoms with van der Waals surface area (Å²) in [5.74, 6) is 1.85. The van der Waals surface area contributed by atoms with Gasteiger partial charge in [-0.05, 0) is 11.8 Å². The van der Waals surface area contributed by atoms with Gasteiger partial charge in [-0.25, -0.2) is 4.98 Å². The van der Waals surface area contributed by atoms with Crippen molar-refractivity contribution < 1.29 is 0 Å². The van der Waals surface area contributed by atoms with E-state index in [4.69, 9.17) is 5.73 Å². The van der Waals surface area contributed by atoms with Gasteiger partial charge in [0.15, 0.2) is 0 Å². The van der Waals surface area contributed by atoms with Gasteiger partial charge in [-0.2, -0.15) is 0 Å². The van der Waals surface area contributed by atoms with E-state index in [-0.39, 0.29) is 5.41 Å². The van der Waals surface area contributed by atoms with E-state index >= 15 is 0 Å². The van der Waals surface area contributed by atoms with Crippen LogP contribution in [0.1, 0.15) is 39.2 Å². The molecule has 1 heterocycles. The molecule has 16 heavy (non-hydrogen) atoms. The molecule has 0 aliphatic carbocycles.